The number of rotatable bonds is 18. The van der Waals surface area contributed by atoms with E-state index in [1.165, 1.54) is 41.5 Å². The molecule has 0 bridgehead atoms. The predicted molar refractivity (Wildman–Crippen MR) is 308 cm³/mol. The summed E-state index contributed by atoms with van der Waals surface area (Å²) in [5.74, 6) is 3.70. The monoisotopic (exact) mass is 1120 g/mol. The quantitative estimate of drug-likeness (QED) is 0.0167. The van der Waals surface area contributed by atoms with E-state index in [1.807, 2.05) is 72.8 Å². The molecular formula is C48H57N15O5S6. The summed E-state index contributed by atoms with van der Waals surface area (Å²) in [5, 5.41) is 7.96. The minimum atomic E-state index is -4.21. The van der Waals surface area contributed by atoms with Crippen molar-refractivity contribution in [2.24, 2.45) is 0 Å². The Hall–Kier alpha value is -6.81. The highest BCUT2D eigenvalue weighted by molar-refractivity contribution is 7.98. The van der Waals surface area contributed by atoms with Crippen LogP contribution >= 0.6 is 60.1 Å². The van der Waals surface area contributed by atoms with E-state index in [0.29, 0.717) is 84.5 Å². The van der Waals surface area contributed by atoms with Gasteiger partial charge in [0.25, 0.3) is 10.1 Å². The summed E-state index contributed by atoms with van der Waals surface area (Å²) in [4.78, 5) is 28.2. The summed E-state index contributed by atoms with van der Waals surface area (Å²) in [6, 6.07) is 28.9. The van der Waals surface area contributed by atoms with Gasteiger partial charge in [-0.05, 0) is 81.8 Å². The maximum Gasteiger partial charge on any atom is 0.294 e. The fraction of sp³-hybridized carbons (Fsp3) is 0.229. The van der Waals surface area contributed by atoms with Gasteiger partial charge in [0.05, 0.1) is 53.2 Å². The maximum atomic E-state index is 10.9. The number of ether oxygens (including phenoxy) is 2. The molecule has 0 radical (unpaired) electrons. The van der Waals surface area contributed by atoms with E-state index in [0.717, 1.165) is 70.0 Å². The Labute approximate surface area is 453 Å². The number of benzene rings is 5. The lowest BCUT2D eigenvalue weighted by Gasteiger charge is -2.25. The van der Waals surface area contributed by atoms with Gasteiger partial charge in [0.1, 0.15) is 11.5 Å². The van der Waals surface area contributed by atoms with Gasteiger partial charge < -0.3 is 52.8 Å². The van der Waals surface area contributed by atoms with Gasteiger partial charge in [-0.3, -0.25) is 4.55 Å². The average Bonchev–Trinajstić information content (AvgIpc) is 4.03. The van der Waals surface area contributed by atoms with Gasteiger partial charge in [-0.1, -0.05) is 48.2 Å². The van der Waals surface area contributed by atoms with Crippen LogP contribution in [0.4, 0.5) is 56.3 Å². The molecule has 8 aromatic rings. The lowest BCUT2D eigenvalue weighted by atomic mass is 10.2. The van der Waals surface area contributed by atoms with Gasteiger partial charge in [-0.15, -0.1) is 25.3 Å². The SMILES string of the molecule is CCN(CC)c1cc(Nc2nc(Nc3cc(N(CC)CC)c(OC)cc3N)nc(SCc3cccc(S)c3)n2)c(N)cc1OC.Nc1nc(-c2cccc(S(=O)(=O)O)c2)ns1.Nc1nc(-c2cccc(S)c2)ns1. The summed E-state index contributed by atoms with van der Waals surface area (Å²) in [6.07, 6.45) is 0. The second kappa shape index (κ2) is 26.4. The largest absolute Gasteiger partial charge is 0.495 e. The fourth-order valence-corrected chi connectivity index (χ4v) is 9.74. The van der Waals surface area contributed by atoms with Crippen LogP contribution in [0.5, 0.6) is 11.5 Å². The van der Waals surface area contributed by atoms with E-state index < -0.39 is 10.1 Å². The molecule has 26 heteroatoms. The Morgan fingerprint density at radius 2 is 1.08 bits per heavy atom. The number of anilines is 10. The van der Waals surface area contributed by atoms with Crippen molar-refractivity contribution in [3.05, 3.63) is 103 Å². The Bertz CT molecular complexity index is 3180. The van der Waals surface area contributed by atoms with Crippen molar-refractivity contribution in [2.75, 3.05) is 83.8 Å². The number of methoxy groups -OCH3 is 2. The highest BCUT2D eigenvalue weighted by Gasteiger charge is 2.19. The van der Waals surface area contributed by atoms with Crippen LogP contribution in [0.2, 0.25) is 0 Å². The van der Waals surface area contributed by atoms with Crippen LogP contribution in [0.15, 0.2) is 117 Å². The first-order valence-electron chi connectivity index (χ1n) is 22.7. The van der Waals surface area contributed by atoms with E-state index >= 15 is 0 Å². The number of nitrogen functional groups attached to an aromatic ring is 4. The lowest BCUT2D eigenvalue weighted by molar-refractivity contribution is 0.414. The zero-order valence-electron chi connectivity index (χ0n) is 41.2. The fourth-order valence-electron chi connectivity index (χ4n) is 7.05. The number of nitrogens with one attached hydrogen (secondary N) is 2. The molecule has 3 aromatic heterocycles. The zero-order valence-corrected chi connectivity index (χ0v) is 46.3. The average molecular weight is 1120 g/mol. The third kappa shape index (κ3) is 15.4. The topological polar surface area (TPSA) is 298 Å². The molecule has 74 heavy (non-hydrogen) atoms. The smallest absolute Gasteiger partial charge is 0.294 e. The van der Waals surface area contributed by atoms with Gasteiger partial charge in [0, 0.05) is 88.0 Å². The molecule has 0 saturated heterocycles. The molecule has 11 N–H and O–H groups in total. The molecule has 0 fully saturated rings. The van der Waals surface area contributed by atoms with E-state index in [4.69, 9.17) is 51.9 Å². The molecule has 0 aliphatic heterocycles. The second-order valence-electron chi connectivity index (χ2n) is 15.5. The lowest BCUT2D eigenvalue weighted by Crippen LogP contribution is -2.22. The zero-order chi connectivity index (χ0) is 53.5. The maximum absolute atomic E-state index is 10.9. The van der Waals surface area contributed by atoms with Crippen molar-refractivity contribution in [3.63, 3.8) is 0 Å². The van der Waals surface area contributed by atoms with Crippen LogP contribution in [-0.2, 0) is 15.9 Å². The Morgan fingerprint density at radius 3 is 1.50 bits per heavy atom. The van der Waals surface area contributed by atoms with Gasteiger partial charge in [-0.2, -0.15) is 42.1 Å². The number of nitrogens with two attached hydrogens (primary N) is 4. The van der Waals surface area contributed by atoms with E-state index in [-0.39, 0.29) is 4.90 Å². The Balaban J connectivity index is 0.000000246. The van der Waals surface area contributed by atoms with E-state index in [2.05, 4.69) is 92.1 Å². The molecule has 0 spiro atoms. The first-order valence-corrected chi connectivity index (χ1v) is 27.5. The second-order valence-corrected chi connectivity index (χ2v) is 20.5. The van der Waals surface area contributed by atoms with Gasteiger partial charge in [0.2, 0.25) is 11.9 Å². The van der Waals surface area contributed by atoms with E-state index in [9.17, 15) is 8.42 Å². The summed E-state index contributed by atoms with van der Waals surface area (Å²) in [7, 11) is -0.928. The van der Waals surface area contributed by atoms with E-state index in [1.54, 1.807) is 20.3 Å². The number of hydrogen-bond donors (Lipinski definition) is 9. The van der Waals surface area contributed by atoms with Crippen molar-refractivity contribution in [3.8, 4) is 34.3 Å². The third-order valence-electron chi connectivity index (χ3n) is 10.7. The van der Waals surface area contributed by atoms with Gasteiger partial charge >= 0.3 is 0 Å². The van der Waals surface area contributed by atoms with Crippen molar-refractivity contribution < 1.29 is 22.4 Å². The molecule has 0 unspecified atom stereocenters. The molecule has 0 aliphatic rings. The van der Waals surface area contributed by atoms with Crippen molar-refractivity contribution in [1.29, 1.82) is 0 Å². The minimum absolute atomic E-state index is 0.196. The highest BCUT2D eigenvalue weighted by atomic mass is 32.2. The number of hydrogen-bond acceptors (Lipinski definition) is 24. The van der Waals surface area contributed by atoms with Crippen molar-refractivity contribution >= 4 is 126 Å². The molecular weight excluding hydrogens is 1060 g/mol. The molecule has 0 atom stereocenters. The molecule has 8 rings (SSSR count). The van der Waals surface area contributed by atoms with Crippen LogP contribution in [0, 0.1) is 0 Å². The predicted octanol–water partition coefficient (Wildman–Crippen LogP) is 9.92. The highest BCUT2D eigenvalue weighted by Crippen LogP contribution is 2.39. The van der Waals surface area contributed by atoms with Crippen LogP contribution < -0.4 is 52.8 Å². The normalized spacial score (nSPS) is 10.9. The summed E-state index contributed by atoms with van der Waals surface area (Å²) in [6.45, 7) is 11.6. The first-order chi connectivity index (χ1) is 35.4. The molecule has 3 heterocycles. The summed E-state index contributed by atoms with van der Waals surface area (Å²) < 4.78 is 50.0. The summed E-state index contributed by atoms with van der Waals surface area (Å²) in [5.41, 5.74) is 30.5. The van der Waals surface area contributed by atoms with Crippen LogP contribution in [0.25, 0.3) is 22.8 Å². The minimum Gasteiger partial charge on any atom is -0.495 e. The number of thiol groups is 2. The number of thioether (sulfide) groups is 1. The standard InChI is InChI=1S/C32H43N9O2S2.C8H7N3O3S2.C8H7N3S2/c1-7-40(8-2)26-17-24(22(33)15-28(26)42-5)35-30-37-31(39-32(38-30)45-19-20-12-11-13-21(44)14-20)36-25-18-27(41(9-3)10-4)29(43-6)16-23(25)34;9-8-10-7(11-15-8)5-2-1-3-6(4-5)16(12,13)14;9-8-10-7(11-13-8)5-2-1-3-6(12)4-5/h11-18,44H,7-10,19,33-34H2,1-6H3,(H2,35,36,37,38,39);1-4H,(H2,9,10,11)(H,12,13,14);1-4,12H,(H2,9,10,11). The molecule has 0 aliphatic carbocycles. The molecule has 390 valence electrons. The molecule has 0 amide bonds. The molecule has 5 aromatic carbocycles. The van der Waals surface area contributed by atoms with Crippen molar-refractivity contribution in [1.82, 2.24) is 33.7 Å². The Kier molecular flexibility index (Phi) is 20.2. The van der Waals surface area contributed by atoms with Gasteiger partial charge in [0.15, 0.2) is 27.1 Å². The number of nitrogens with zero attached hydrogens (tertiary/aromatic N) is 9. The van der Waals surface area contributed by atoms with Gasteiger partial charge in [-0.25, -0.2) is 0 Å². The van der Waals surface area contributed by atoms with Crippen molar-refractivity contribution in [2.45, 2.75) is 53.3 Å². The Morgan fingerprint density at radius 1 is 0.622 bits per heavy atom. The number of aromatic nitrogens is 7. The summed E-state index contributed by atoms with van der Waals surface area (Å²) >= 11 is 12.4. The van der Waals surface area contributed by atoms with Crippen LogP contribution in [0.3, 0.4) is 0 Å². The van der Waals surface area contributed by atoms with Crippen LogP contribution in [-0.4, -0.2) is 87.0 Å². The van der Waals surface area contributed by atoms with Crippen LogP contribution in [0.1, 0.15) is 33.3 Å². The first kappa shape index (κ1) is 56.5. The molecule has 0 saturated carbocycles. The molecule has 20 nitrogen and oxygen atoms in total. The third-order valence-corrected chi connectivity index (χ3v) is 14.1.